The Labute approximate surface area is 114 Å². The highest BCUT2D eigenvalue weighted by molar-refractivity contribution is 5.42. The monoisotopic (exact) mass is 260 g/mol. The quantitative estimate of drug-likeness (QED) is 0.872. The summed E-state index contributed by atoms with van der Waals surface area (Å²) in [6.07, 6.45) is 1.32. The standard InChI is InChI=1S/C14H20N4O/c1-11-9-18(6-5-17(11)10-12(2)19)14-4-3-13(7-15)8-16-14/h3-4,8,11-12,19H,5-6,9-10H2,1-2H3/t11-,12+/m0/s1. The first-order chi connectivity index (χ1) is 9.10. The van der Waals surface area contributed by atoms with Crippen LogP contribution in [-0.4, -0.2) is 53.3 Å². The summed E-state index contributed by atoms with van der Waals surface area (Å²) < 4.78 is 0. The van der Waals surface area contributed by atoms with Gasteiger partial charge in [-0.2, -0.15) is 5.26 Å². The van der Waals surface area contributed by atoms with E-state index in [1.807, 2.05) is 13.0 Å². The summed E-state index contributed by atoms with van der Waals surface area (Å²) >= 11 is 0. The summed E-state index contributed by atoms with van der Waals surface area (Å²) in [5, 5.41) is 18.2. The van der Waals surface area contributed by atoms with E-state index in [9.17, 15) is 5.11 Å². The first-order valence-corrected chi connectivity index (χ1v) is 6.63. The van der Waals surface area contributed by atoms with Gasteiger partial charge in [0.2, 0.25) is 0 Å². The third-order valence-corrected chi connectivity index (χ3v) is 3.46. The van der Waals surface area contributed by atoms with Crippen molar-refractivity contribution in [2.24, 2.45) is 0 Å². The summed E-state index contributed by atoms with van der Waals surface area (Å²) in [7, 11) is 0. The van der Waals surface area contributed by atoms with Crippen molar-refractivity contribution in [3.05, 3.63) is 23.9 Å². The van der Waals surface area contributed by atoms with Gasteiger partial charge in [0.05, 0.1) is 11.7 Å². The molecule has 2 heterocycles. The van der Waals surface area contributed by atoms with Crippen molar-refractivity contribution in [1.29, 1.82) is 5.26 Å². The van der Waals surface area contributed by atoms with E-state index in [4.69, 9.17) is 5.26 Å². The second-order valence-corrected chi connectivity index (χ2v) is 5.16. The lowest BCUT2D eigenvalue weighted by molar-refractivity contribution is 0.0959. The van der Waals surface area contributed by atoms with Crippen LogP contribution >= 0.6 is 0 Å². The third kappa shape index (κ3) is 3.43. The van der Waals surface area contributed by atoms with Gasteiger partial charge in [-0.3, -0.25) is 4.90 Å². The van der Waals surface area contributed by atoms with Crippen LogP contribution in [0, 0.1) is 11.3 Å². The molecule has 1 aliphatic rings. The van der Waals surface area contributed by atoms with Crippen LogP contribution in [0.5, 0.6) is 0 Å². The van der Waals surface area contributed by atoms with E-state index in [2.05, 4.69) is 27.8 Å². The van der Waals surface area contributed by atoms with Crippen LogP contribution in [0.25, 0.3) is 0 Å². The number of rotatable bonds is 3. The maximum absolute atomic E-state index is 9.46. The molecule has 2 atom stereocenters. The van der Waals surface area contributed by atoms with E-state index in [1.54, 1.807) is 12.3 Å². The number of hydrogen-bond donors (Lipinski definition) is 1. The van der Waals surface area contributed by atoms with Crippen LogP contribution in [0.3, 0.4) is 0 Å². The fourth-order valence-electron chi connectivity index (χ4n) is 2.45. The Balaban J connectivity index is 1.99. The van der Waals surface area contributed by atoms with Gasteiger partial charge in [-0.25, -0.2) is 4.98 Å². The second-order valence-electron chi connectivity index (χ2n) is 5.16. The van der Waals surface area contributed by atoms with Crippen molar-refractivity contribution in [1.82, 2.24) is 9.88 Å². The number of nitriles is 1. The number of nitrogens with zero attached hydrogens (tertiary/aromatic N) is 4. The van der Waals surface area contributed by atoms with E-state index in [1.165, 1.54) is 0 Å². The Morgan fingerprint density at radius 3 is 2.84 bits per heavy atom. The summed E-state index contributed by atoms with van der Waals surface area (Å²) in [6, 6.07) is 6.17. The normalized spacial score (nSPS) is 22.0. The molecule has 0 bridgehead atoms. The number of aromatic nitrogens is 1. The lowest BCUT2D eigenvalue weighted by Crippen LogP contribution is -2.53. The molecule has 2 rings (SSSR count). The average molecular weight is 260 g/mol. The van der Waals surface area contributed by atoms with Crippen LogP contribution in [0.2, 0.25) is 0 Å². The van der Waals surface area contributed by atoms with Gasteiger partial charge in [0.15, 0.2) is 0 Å². The predicted molar refractivity (Wildman–Crippen MR) is 73.9 cm³/mol. The fourth-order valence-corrected chi connectivity index (χ4v) is 2.45. The fraction of sp³-hybridized carbons (Fsp3) is 0.571. The molecule has 5 nitrogen and oxygen atoms in total. The number of piperazine rings is 1. The minimum absolute atomic E-state index is 0.290. The highest BCUT2D eigenvalue weighted by Crippen LogP contribution is 2.17. The van der Waals surface area contributed by atoms with Crippen molar-refractivity contribution in [2.75, 3.05) is 31.1 Å². The Morgan fingerprint density at radius 2 is 2.32 bits per heavy atom. The van der Waals surface area contributed by atoms with Gasteiger partial charge in [0, 0.05) is 38.4 Å². The molecule has 1 fully saturated rings. The van der Waals surface area contributed by atoms with Gasteiger partial charge in [0.25, 0.3) is 0 Å². The molecule has 0 unspecified atom stereocenters. The average Bonchev–Trinajstić information content (AvgIpc) is 2.41. The van der Waals surface area contributed by atoms with Crippen LogP contribution < -0.4 is 4.90 Å². The van der Waals surface area contributed by atoms with E-state index < -0.39 is 0 Å². The molecule has 1 saturated heterocycles. The first-order valence-electron chi connectivity index (χ1n) is 6.63. The molecule has 1 N–H and O–H groups in total. The lowest BCUT2D eigenvalue weighted by atomic mass is 10.1. The number of β-amino-alcohol motifs (C(OH)–C–C–N with tert-alkyl or cyclic N) is 1. The zero-order chi connectivity index (χ0) is 13.8. The predicted octanol–water partition coefficient (Wildman–Crippen LogP) is 0.845. The molecular weight excluding hydrogens is 240 g/mol. The van der Waals surface area contributed by atoms with Crippen molar-refractivity contribution >= 4 is 5.82 Å². The van der Waals surface area contributed by atoms with Gasteiger partial charge in [0.1, 0.15) is 11.9 Å². The number of aliphatic hydroxyl groups is 1. The highest BCUT2D eigenvalue weighted by Gasteiger charge is 2.24. The molecule has 0 amide bonds. The third-order valence-electron chi connectivity index (χ3n) is 3.46. The number of aliphatic hydroxyl groups excluding tert-OH is 1. The Hall–Kier alpha value is -1.64. The molecular formula is C14H20N4O. The van der Waals surface area contributed by atoms with Crippen molar-refractivity contribution < 1.29 is 5.11 Å². The molecule has 0 saturated carbocycles. The lowest BCUT2D eigenvalue weighted by Gasteiger charge is -2.40. The molecule has 1 aliphatic heterocycles. The molecule has 0 aliphatic carbocycles. The molecule has 1 aromatic rings. The van der Waals surface area contributed by atoms with E-state index >= 15 is 0 Å². The SMILES string of the molecule is C[C@@H](O)CN1CCN(c2ccc(C#N)cn2)C[C@@H]1C. The molecule has 0 radical (unpaired) electrons. The van der Waals surface area contributed by atoms with Gasteiger partial charge < -0.3 is 10.0 Å². The van der Waals surface area contributed by atoms with Gasteiger partial charge in [-0.1, -0.05) is 0 Å². The van der Waals surface area contributed by atoms with Gasteiger partial charge in [-0.15, -0.1) is 0 Å². The van der Waals surface area contributed by atoms with Crippen LogP contribution in [0.4, 0.5) is 5.82 Å². The van der Waals surface area contributed by atoms with E-state index in [0.29, 0.717) is 11.6 Å². The molecule has 102 valence electrons. The summed E-state index contributed by atoms with van der Waals surface area (Å²) in [5.41, 5.74) is 0.588. The molecule has 19 heavy (non-hydrogen) atoms. The molecule has 1 aromatic heterocycles. The summed E-state index contributed by atoms with van der Waals surface area (Å²) in [6.45, 7) is 7.42. The Kier molecular flexibility index (Phi) is 4.35. The number of hydrogen-bond acceptors (Lipinski definition) is 5. The Morgan fingerprint density at radius 1 is 1.53 bits per heavy atom. The van der Waals surface area contributed by atoms with Gasteiger partial charge >= 0.3 is 0 Å². The van der Waals surface area contributed by atoms with E-state index in [-0.39, 0.29) is 6.10 Å². The maximum atomic E-state index is 9.46. The first kappa shape index (κ1) is 13.8. The maximum Gasteiger partial charge on any atom is 0.128 e. The van der Waals surface area contributed by atoms with E-state index in [0.717, 1.165) is 32.0 Å². The Bertz CT molecular complexity index is 452. The zero-order valence-corrected chi connectivity index (χ0v) is 11.5. The highest BCUT2D eigenvalue weighted by atomic mass is 16.3. The van der Waals surface area contributed by atoms with Gasteiger partial charge in [-0.05, 0) is 26.0 Å². The summed E-state index contributed by atoms with van der Waals surface area (Å²) in [4.78, 5) is 8.85. The molecule has 0 aromatic carbocycles. The molecule has 0 spiro atoms. The second kappa shape index (κ2) is 6.00. The minimum atomic E-state index is -0.290. The number of anilines is 1. The largest absolute Gasteiger partial charge is 0.392 e. The minimum Gasteiger partial charge on any atom is -0.392 e. The zero-order valence-electron chi connectivity index (χ0n) is 11.5. The topological polar surface area (TPSA) is 63.4 Å². The van der Waals surface area contributed by atoms with Crippen LogP contribution in [0.15, 0.2) is 18.3 Å². The van der Waals surface area contributed by atoms with Crippen molar-refractivity contribution in [2.45, 2.75) is 26.0 Å². The summed E-state index contributed by atoms with van der Waals surface area (Å²) in [5.74, 6) is 0.919. The van der Waals surface area contributed by atoms with Crippen molar-refractivity contribution in [3.63, 3.8) is 0 Å². The van der Waals surface area contributed by atoms with Crippen LogP contribution in [0.1, 0.15) is 19.4 Å². The number of pyridine rings is 1. The molecule has 5 heteroatoms. The smallest absolute Gasteiger partial charge is 0.128 e. The van der Waals surface area contributed by atoms with Crippen LogP contribution in [-0.2, 0) is 0 Å². The van der Waals surface area contributed by atoms with Crippen molar-refractivity contribution in [3.8, 4) is 6.07 Å².